The lowest BCUT2D eigenvalue weighted by Gasteiger charge is -2.22. The molecular weight excluding hydrogens is 245 g/mol. The molecule has 0 radical (unpaired) electrons. The second kappa shape index (κ2) is 5.17. The van der Waals surface area contributed by atoms with Crippen LogP contribution in [-0.2, 0) is 0 Å². The van der Waals surface area contributed by atoms with Gasteiger partial charge in [0.2, 0.25) is 0 Å². The van der Waals surface area contributed by atoms with Gasteiger partial charge in [-0.25, -0.2) is 9.18 Å². The van der Waals surface area contributed by atoms with Gasteiger partial charge in [-0.1, -0.05) is 12.1 Å². The highest BCUT2D eigenvalue weighted by Crippen LogP contribution is 2.21. The number of carbonyl (C=O) groups is 1. The van der Waals surface area contributed by atoms with E-state index in [0.29, 0.717) is 13.1 Å². The molecule has 3 N–H and O–H groups in total. The Morgan fingerprint density at radius 3 is 2.63 bits per heavy atom. The molecule has 1 saturated heterocycles. The Bertz CT molecular complexity index is 453. The number of halogens is 1. The smallest absolute Gasteiger partial charge is 0.318 e. The highest BCUT2D eigenvalue weighted by molar-refractivity contribution is 5.77. The normalized spacial score (nSPS) is 19.7. The lowest BCUT2D eigenvalue weighted by Crippen LogP contribution is -2.38. The van der Waals surface area contributed by atoms with Gasteiger partial charge < -0.3 is 16.0 Å². The Kier molecular flexibility index (Phi) is 3.75. The zero-order chi connectivity index (χ0) is 14.0. The fourth-order valence-corrected chi connectivity index (χ4v) is 2.09. The zero-order valence-electron chi connectivity index (χ0n) is 11.3. The van der Waals surface area contributed by atoms with E-state index in [1.54, 1.807) is 17.0 Å². The van der Waals surface area contributed by atoms with Crippen molar-refractivity contribution in [3.05, 3.63) is 35.6 Å². The molecule has 19 heavy (non-hydrogen) atoms. The molecule has 1 aromatic rings. The van der Waals surface area contributed by atoms with Crippen LogP contribution in [0.2, 0.25) is 0 Å². The van der Waals surface area contributed by atoms with Crippen molar-refractivity contribution in [3.63, 3.8) is 0 Å². The van der Waals surface area contributed by atoms with Gasteiger partial charge in [-0.05, 0) is 38.0 Å². The Labute approximate surface area is 112 Å². The summed E-state index contributed by atoms with van der Waals surface area (Å²) in [5.41, 5.74) is 6.56. The van der Waals surface area contributed by atoms with E-state index in [2.05, 4.69) is 5.32 Å². The lowest BCUT2D eigenvalue weighted by molar-refractivity contribution is 0.213. The molecule has 1 unspecified atom stereocenters. The number of nitrogens with zero attached hydrogens (tertiary/aromatic N) is 1. The topological polar surface area (TPSA) is 58.4 Å². The summed E-state index contributed by atoms with van der Waals surface area (Å²) in [4.78, 5) is 13.6. The van der Waals surface area contributed by atoms with Crippen LogP contribution >= 0.6 is 0 Å². The molecule has 5 heteroatoms. The third-order valence-corrected chi connectivity index (χ3v) is 3.29. The van der Waals surface area contributed by atoms with Gasteiger partial charge in [0.25, 0.3) is 0 Å². The van der Waals surface area contributed by atoms with Gasteiger partial charge in [-0.3, -0.25) is 0 Å². The summed E-state index contributed by atoms with van der Waals surface area (Å²) in [7, 11) is 0. The molecule has 0 aliphatic carbocycles. The monoisotopic (exact) mass is 265 g/mol. The number of benzene rings is 1. The second-order valence-corrected chi connectivity index (χ2v) is 5.74. The molecule has 2 rings (SSSR count). The van der Waals surface area contributed by atoms with Gasteiger partial charge in [-0.15, -0.1) is 0 Å². The highest BCUT2D eigenvalue weighted by atomic mass is 19.1. The first-order chi connectivity index (χ1) is 8.85. The molecule has 1 aromatic carbocycles. The molecule has 1 aliphatic rings. The molecule has 1 aliphatic heterocycles. The molecule has 0 saturated carbocycles. The summed E-state index contributed by atoms with van der Waals surface area (Å²) in [5.74, 6) is -0.269. The van der Waals surface area contributed by atoms with Crippen LogP contribution < -0.4 is 11.1 Å². The lowest BCUT2D eigenvalue weighted by atomic mass is 10.0. The minimum atomic E-state index is -0.283. The minimum Gasteiger partial charge on any atom is -0.329 e. The summed E-state index contributed by atoms with van der Waals surface area (Å²) < 4.78 is 12.9. The van der Waals surface area contributed by atoms with Crippen molar-refractivity contribution in [1.29, 1.82) is 0 Å². The van der Waals surface area contributed by atoms with Crippen LogP contribution in [0.4, 0.5) is 9.18 Å². The minimum absolute atomic E-state index is 0.0750. The van der Waals surface area contributed by atoms with Gasteiger partial charge in [0.15, 0.2) is 0 Å². The van der Waals surface area contributed by atoms with E-state index < -0.39 is 0 Å². The standard InChI is InChI=1S/C14H20FN3O/c1-14(2,16)7-8-18-9-12(17-13(18)19)10-3-5-11(15)6-4-10/h3-6,12H,7-9,16H2,1-2H3,(H,17,19). The summed E-state index contributed by atoms with van der Waals surface area (Å²) in [6.45, 7) is 5.12. The van der Waals surface area contributed by atoms with Gasteiger partial charge in [0.05, 0.1) is 6.04 Å². The first-order valence-corrected chi connectivity index (χ1v) is 6.45. The van der Waals surface area contributed by atoms with Crippen molar-refractivity contribution in [2.45, 2.75) is 31.8 Å². The van der Waals surface area contributed by atoms with Gasteiger partial charge in [0.1, 0.15) is 5.82 Å². The summed E-state index contributed by atoms with van der Waals surface area (Å²) in [6.07, 6.45) is 0.747. The largest absolute Gasteiger partial charge is 0.329 e. The van der Waals surface area contributed by atoms with Gasteiger partial charge in [0, 0.05) is 18.6 Å². The molecule has 1 heterocycles. The van der Waals surface area contributed by atoms with E-state index in [1.165, 1.54) is 12.1 Å². The predicted molar refractivity (Wildman–Crippen MR) is 72.1 cm³/mol. The van der Waals surface area contributed by atoms with Crippen LogP contribution in [0, 0.1) is 5.82 Å². The first-order valence-electron chi connectivity index (χ1n) is 6.45. The maximum Gasteiger partial charge on any atom is 0.318 e. The number of nitrogens with one attached hydrogen (secondary N) is 1. The second-order valence-electron chi connectivity index (χ2n) is 5.74. The van der Waals surface area contributed by atoms with Gasteiger partial charge >= 0.3 is 6.03 Å². The average molecular weight is 265 g/mol. The Morgan fingerprint density at radius 2 is 2.05 bits per heavy atom. The van der Waals surface area contributed by atoms with Crippen molar-refractivity contribution in [3.8, 4) is 0 Å². The number of urea groups is 1. The predicted octanol–water partition coefficient (Wildman–Crippen LogP) is 2.02. The quantitative estimate of drug-likeness (QED) is 0.875. The van der Waals surface area contributed by atoms with E-state index >= 15 is 0 Å². The first kappa shape index (κ1) is 13.8. The van der Waals surface area contributed by atoms with Crippen LogP contribution in [0.3, 0.4) is 0 Å². The summed E-state index contributed by atoms with van der Waals surface area (Å²) >= 11 is 0. The van der Waals surface area contributed by atoms with E-state index in [1.807, 2.05) is 13.8 Å². The molecule has 1 atom stereocenters. The van der Waals surface area contributed by atoms with E-state index in [9.17, 15) is 9.18 Å². The van der Waals surface area contributed by atoms with E-state index in [0.717, 1.165) is 12.0 Å². The number of nitrogens with two attached hydrogens (primary N) is 1. The van der Waals surface area contributed by atoms with E-state index in [4.69, 9.17) is 5.73 Å². The van der Waals surface area contributed by atoms with Crippen LogP contribution in [0.25, 0.3) is 0 Å². The maximum atomic E-state index is 12.9. The van der Waals surface area contributed by atoms with E-state index in [-0.39, 0.29) is 23.4 Å². The van der Waals surface area contributed by atoms with Crippen molar-refractivity contribution >= 4 is 6.03 Å². The molecule has 1 fully saturated rings. The SMILES string of the molecule is CC(C)(N)CCN1CC(c2ccc(F)cc2)NC1=O. The number of amides is 2. The molecule has 0 bridgehead atoms. The van der Waals surface area contributed by atoms with Crippen LogP contribution in [-0.4, -0.2) is 29.6 Å². The number of hydrogen-bond donors (Lipinski definition) is 2. The Morgan fingerprint density at radius 1 is 1.42 bits per heavy atom. The van der Waals surface area contributed by atoms with Crippen molar-refractivity contribution in [1.82, 2.24) is 10.2 Å². The molecule has 2 amide bonds. The molecule has 4 nitrogen and oxygen atoms in total. The molecule has 104 valence electrons. The van der Waals surface area contributed by atoms with Crippen LogP contribution in [0.1, 0.15) is 31.9 Å². The van der Waals surface area contributed by atoms with Crippen molar-refractivity contribution in [2.75, 3.05) is 13.1 Å². The van der Waals surface area contributed by atoms with Crippen LogP contribution in [0.15, 0.2) is 24.3 Å². The Balaban J connectivity index is 1.97. The molecule has 0 aromatic heterocycles. The van der Waals surface area contributed by atoms with Crippen molar-refractivity contribution < 1.29 is 9.18 Å². The number of carbonyl (C=O) groups excluding carboxylic acids is 1. The maximum absolute atomic E-state index is 12.9. The zero-order valence-corrected chi connectivity index (χ0v) is 11.3. The third-order valence-electron chi connectivity index (χ3n) is 3.29. The highest BCUT2D eigenvalue weighted by Gasteiger charge is 2.30. The average Bonchev–Trinajstić information content (AvgIpc) is 2.68. The number of hydrogen-bond acceptors (Lipinski definition) is 2. The van der Waals surface area contributed by atoms with Crippen molar-refractivity contribution in [2.24, 2.45) is 5.73 Å². The van der Waals surface area contributed by atoms with Crippen LogP contribution in [0.5, 0.6) is 0 Å². The Hall–Kier alpha value is -1.62. The molecular formula is C14H20FN3O. The van der Waals surface area contributed by atoms with Gasteiger partial charge in [-0.2, -0.15) is 0 Å². The summed E-state index contributed by atoms with van der Waals surface area (Å²) in [6, 6.07) is 6.07. The fraction of sp³-hybridized carbons (Fsp3) is 0.500. The molecule has 0 spiro atoms. The third kappa shape index (κ3) is 3.67. The fourth-order valence-electron chi connectivity index (χ4n) is 2.09. The summed E-state index contributed by atoms with van der Waals surface area (Å²) in [5, 5.41) is 2.90. The number of rotatable bonds is 4.